The fourth-order valence-electron chi connectivity index (χ4n) is 1.15. The fourth-order valence-corrected chi connectivity index (χ4v) is 1.15. The van der Waals surface area contributed by atoms with Crippen LogP contribution in [0.5, 0.6) is 0 Å². The third-order valence-corrected chi connectivity index (χ3v) is 2.15. The molecule has 1 atom stereocenters. The van der Waals surface area contributed by atoms with Crippen LogP contribution in [0.2, 0.25) is 0 Å². The average Bonchev–Trinajstić information content (AvgIpc) is 2.29. The number of alkyl halides is 2. The topological polar surface area (TPSA) is 55.1 Å². The second-order valence-electron chi connectivity index (χ2n) is 3.55. The van der Waals surface area contributed by atoms with Gasteiger partial charge in [-0.3, -0.25) is 4.79 Å². The van der Waals surface area contributed by atoms with Crippen LogP contribution in [0.15, 0.2) is 30.3 Å². The van der Waals surface area contributed by atoms with Gasteiger partial charge >= 0.3 is 5.92 Å². The predicted molar refractivity (Wildman–Crippen MR) is 57.0 cm³/mol. The molecule has 0 fully saturated rings. The van der Waals surface area contributed by atoms with Gasteiger partial charge in [0.15, 0.2) is 0 Å². The Morgan fingerprint density at radius 1 is 1.44 bits per heavy atom. The van der Waals surface area contributed by atoms with Crippen LogP contribution < -0.4 is 11.1 Å². The number of carbonyl (C=O) groups excluding carboxylic acids is 1. The van der Waals surface area contributed by atoms with E-state index in [-0.39, 0.29) is 12.1 Å². The van der Waals surface area contributed by atoms with E-state index in [4.69, 9.17) is 5.73 Å². The van der Waals surface area contributed by atoms with E-state index in [9.17, 15) is 13.6 Å². The third-order valence-electron chi connectivity index (χ3n) is 2.15. The number of amides is 1. The molecule has 1 rings (SSSR count). The first-order valence-electron chi connectivity index (χ1n) is 4.93. The van der Waals surface area contributed by atoms with Crippen molar-refractivity contribution >= 4 is 5.91 Å². The zero-order valence-corrected chi connectivity index (χ0v) is 8.91. The molecule has 5 heteroatoms. The minimum atomic E-state index is -3.52. The first-order valence-corrected chi connectivity index (χ1v) is 4.93. The molecular weight excluding hydrogens is 214 g/mol. The normalized spacial score (nSPS) is 13.2. The number of benzene rings is 1. The Kier molecular flexibility index (Phi) is 3.95. The Balaban J connectivity index is 2.82. The van der Waals surface area contributed by atoms with Crippen molar-refractivity contribution in [2.75, 3.05) is 6.54 Å². The highest BCUT2D eigenvalue weighted by molar-refractivity contribution is 5.84. The van der Waals surface area contributed by atoms with Gasteiger partial charge in [0.05, 0.1) is 0 Å². The minimum absolute atomic E-state index is 0.122. The highest BCUT2D eigenvalue weighted by Crippen LogP contribution is 2.27. The smallest absolute Gasteiger partial charge is 0.347 e. The van der Waals surface area contributed by atoms with Crippen molar-refractivity contribution in [1.29, 1.82) is 0 Å². The van der Waals surface area contributed by atoms with Gasteiger partial charge in [0.1, 0.15) is 0 Å². The second-order valence-corrected chi connectivity index (χ2v) is 3.55. The van der Waals surface area contributed by atoms with Gasteiger partial charge in [-0.15, -0.1) is 0 Å². The van der Waals surface area contributed by atoms with Crippen LogP contribution in [-0.4, -0.2) is 18.5 Å². The van der Waals surface area contributed by atoms with Crippen LogP contribution in [0, 0.1) is 0 Å². The lowest BCUT2D eigenvalue weighted by Gasteiger charge is -2.19. The van der Waals surface area contributed by atoms with Crippen molar-refractivity contribution < 1.29 is 13.6 Å². The Bertz CT molecular complexity index is 354. The monoisotopic (exact) mass is 228 g/mol. The summed E-state index contributed by atoms with van der Waals surface area (Å²) in [5, 5.41) is 2.15. The average molecular weight is 228 g/mol. The van der Waals surface area contributed by atoms with Crippen LogP contribution in [0.25, 0.3) is 0 Å². The summed E-state index contributed by atoms with van der Waals surface area (Å²) in [5.41, 5.74) is 4.92. The van der Waals surface area contributed by atoms with Crippen molar-refractivity contribution in [2.45, 2.75) is 18.9 Å². The zero-order chi connectivity index (χ0) is 12.2. The molecule has 88 valence electrons. The van der Waals surface area contributed by atoms with Gasteiger partial charge in [-0.1, -0.05) is 30.3 Å². The summed E-state index contributed by atoms with van der Waals surface area (Å²) in [4.78, 5) is 11.3. The van der Waals surface area contributed by atoms with Gasteiger partial charge in [0, 0.05) is 18.2 Å². The first kappa shape index (κ1) is 12.6. The van der Waals surface area contributed by atoms with Crippen molar-refractivity contribution in [3.05, 3.63) is 35.9 Å². The molecule has 16 heavy (non-hydrogen) atoms. The molecule has 0 aromatic heterocycles. The van der Waals surface area contributed by atoms with Crippen molar-refractivity contribution in [3.63, 3.8) is 0 Å². The van der Waals surface area contributed by atoms with Gasteiger partial charge < -0.3 is 11.1 Å². The molecule has 1 amide bonds. The van der Waals surface area contributed by atoms with Gasteiger partial charge in [0.2, 0.25) is 0 Å². The number of hydrogen-bond acceptors (Lipinski definition) is 2. The first-order chi connectivity index (χ1) is 7.48. The van der Waals surface area contributed by atoms with Gasteiger partial charge in [0.25, 0.3) is 5.91 Å². The minimum Gasteiger partial charge on any atom is -0.347 e. The highest BCUT2D eigenvalue weighted by atomic mass is 19.3. The van der Waals surface area contributed by atoms with Gasteiger partial charge in [-0.2, -0.15) is 8.78 Å². The van der Waals surface area contributed by atoms with Crippen LogP contribution in [0.3, 0.4) is 0 Å². The molecule has 0 saturated carbocycles. The van der Waals surface area contributed by atoms with Gasteiger partial charge in [-0.05, 0) is 6.92 Å². The summed E-state index contributed by atoms with van der Waals surface area (Å²) in [5.74, 6) is -4.85. The molecular formula is C11H14F2N2O. The maximum atomic E-state index is 13.6. The quantitative estimate of drug-likeness (QED) is 0.814. The lowest BCUT2D eigenvalue weighted by molar-refractivity contribution is -0.147. The lowest BCUT2D eigenvalue weighted by Crippen LogP contribution is -2.45. The van der Waals surface area contributed by atoms with E-state index in [0.717, 1.165) is 0 Å². The number of rotatable bonds is 4. The van der Waals surface area contributed by atoms with E-state index in [1.165, 1.54) is 24.3 Å². The maximum absolute atomic E-state index is 13.6. The summed E-state index contributed by atoms with van der Waals surface area (Å²) in [6.45, 7) is 1.69. The molecule has 0 bridgehead atoms. The second kappa shape index (κ2) is 5.03. The van der Waals surface area contributed by atoms with Gasteiger partial charge in [-0.25, -0.2) is 0 Å². The molecule has 0 unspecified atom stereocenters. The summed E-state index contributed by atoms with van der Waals surface area (Å²) < 4.78 is 27.2. The summed E-state index contributed by atoms with van der Waals surface area (Å²) in [6.07, 6.45) is 0. The molecule has 1 aromatic carbocycles. The number of nitrogens with two attached hydrogens (primary N) is 1. The van der Waals surface area contributed by atoms with E-state index in [1.54, 1.807) is 13.0 Å². The molecule has 0 spiro atoms. The molecule has 0 heterocycles. The van der Waals surface area contributed by atoms with Crippen LogP contribution in [-0.2, 0) is 10.7 Å². The van der Waals surface area contributed by atoms with E-state index >= 15 is 0 Å². The predicted octanol–water partition coefficient (Wildman–Crippen LogP) is 1.24. The van der Waals surface area contributed by atoms with E-state index in [1.807, 2.05) is 0 Å². The maximum Gasteiger partial charge on any atom is 0.349 e. The Labute approximate surface area is 92.6 Å². The largest absolute Gasteiger partial charge is 0.349 e. The molecule has 0 radical (unpaired) electrons. The van der Waals surface area contributed by atoms with Crippen molar-refractivity contribution in [2.24, 2.45) is 5.73 Å². The Morgan fingerprint density at radius 2 is 2.00 bits per heavy atom. The number of halogens is 2. The highest BCUT2D eigenvalue weighted by Gasteiger charge is 2.40. The van der Waals surface area contributed by atoms with E-state index in [2.05, 4.69) is 5.32 Å². The van der Waals surface area contributed by atoms with E-state index < -0.39 is 17.9 Å². The van der Waals surface area contributed by atoms with Crippen LogP contribution >= 0.6 is 0 Å². The summed E-state index contributed by atoms with van der Waals surface area (Å²) in [7, 11) is 0. The SMILES string of the molecule is C[C@@H](CN)NC(=O)C(F)(F)c1ccccc1. The molecule has 0 saturated heterocycles. The van der Waals surface area contributed by atoms with Crippen LogP contribution in [0.1, 0.15) is 12.5 Å². The number of hydrogen-bond donors (Lipinski definition) is 2. The Hall–Kier alpha value is -1.49. The zero-order valence-electron chi connectivity index (χ0n) is 8.91. The summed E-state index contributed by atoms with van der Waals surface area (Å²) >= 11 is 0. The standard InChI is InChI=1S/C11H14F2N2O/c1-8(7-14)15-10(16)11(12,13)9-5-3-2-4-6-9/h2-6,8H,7,14H2,1H3,(H,15,16)/t8-/m0/s1. The number of carbonyl (C=O) groups is 1. The molecule has 1 aromatic rings. The third kappa shape index (κ3) is 2.76. The van der Waals surface area contributed by atoms with E-state index in [0.29, 0.717) is 0 Å². The van der Waals surface area contributed by atoms with Crippen molar-refractivity contribution in [1.82, 2.24) is 5.32 Å². The number of nitrogens with one attached hydrogen (secondary N) is 1. The molecule has 0 aliphatic rings. The summed E-state index contributed by atoms with van der Waals surface area (Å²) in [6, 6.07) is 6.49. The van der Waals surface area contributed by atoms with Crippen molar-refractivity contribution in [3.8, 4) is 0 Å². The molecule has 0 aliphatic carbocycles. The van der Waals surface area contributed by atoms with Crippen LogP contribution in [0.4, 0.5) is 8.78 Å². The molecule has 3 N–H and O–H groups in total. The lowest BCUT2D eigenvalue weighted by atomic mass is 10.1. The fraction of sp³-hybridized carbons (Fsp3) is 0.364. The Morgan fingerprint density at radius 3 is 2.50 bits per heavy atom. The molecule has 3 nitrogen and oxygen atoms in total. The molecule has 0 aliphatic heterocycles.